The number of hydrogen-bond acceptors (Lipinski definition) is 3. The zero-order valence-electron chi connectivity index (χ0n) is 7.24. The number of nitrogens with zero attached hydrogens (tertiary/aromatic N) is 2. The fraction of sp³-hybridized carbons (Fsp3) is 0.125. The van der Waals surface area contributed by atoms with E-state index >= 15 is 0 Å². The van der Waals surface area contributed by atoms with Crippen LogP contribution in [0.5, 0.6) is 0 Å². The van der Waals surface area contributed by atoms with Gasteiger partial charge in [-0.1, -0.05) is 0 Å². The SMILES string of the molecule is Cc1cc([N+](=O)[O-])cc2c(F)n[nH]c12. The van der Waals surface area contributed by atoms with Crippen molar-refractivity contribution in [1.29, 1.82) is 0 Å². The van der Waals surface area contributed by atoms with E-state index in [1.807, 2.05) is 0 Å². The van der Waals surface area contributed by atoms with Crippen molar-refractivity contribution in [2.75, 3.05) is 0 Å². The molecule has 6 heteroatoms. The fourth-order valence-corrected chi connectivity index (χ4v) is 1.35. The van der Waals surface area contributed by atoms with Gasteiger partial charge in [-0.15, -0.1) is 5.10 Å². The number of nitro groups is 1. The summed E-state index contributed by atoms with van der Waals surface area (Å²) >= 11 is 0. The Labute approximate surface area is 77.7 Å². The number of halogens is 1. The molecule has 0 saturated carbocycles. The second-order valence-electron chi connectivity index (χ2n) is 2.96. The number of aromatic nitrogens is 2. The number of hydrogen-bond donors (Lipinski definition) is 1. The Morgan fingerprint density at radius 3 is 2.93 bits per heavy atom. The van der Waals surface area contributed by atoms with Crippen molar-refractivity contribution >= 4 is 16.6 Å². The molecule has 14 heavy (non-hydrogen) atoms. The van der Waals surface area contributed by atoms with Crippen molar-refractivity contribution in [3.8, 4) is 0 Å². The standard InChI is InChI=1S/C8H6FN3O2/c1-4-2-5(12(13)14)3-6-7(4)10-11-8(6)9/h2-3H,1H3,(H,10,11). The highest BCUT2D eigenvalue weighted by molar-refractivity contribution is 5.84. The molecule has 0 atom stereocenters. The first-order chi connectivity index (χ1) is 6.59. The Morgan fingerprint density at radius 2 is 2.29 bits per heavy atom. The minimum absolute atomic E-state index is 0.129. The van der Waals surface area contributed by atoms with Crippen molar-refractivity contribution in [2.24, 2.45) is 0 Å². The third kappa shape index (κ3) is 1.12. The van der Waals surface area contributed by atoms with Crippen molar-refractivity contribution in [1.82, 2.24) is 10.2 Å². The predicted octanol–water partition coefficient (Wildman–Crippen LogP) is 1.92. The smallest absolute Gasteiger partial charge is 0.270 e. The number of nitro benzene ring substituents is 1. The van der Waals surface area contributed by atoms with E-state index in [0.29, 0.717) is 11.1 Å². The van der Waals surface area contributed by atoms with Crippen molar-refractivity contribution in [2.45, 2.75) is 6.92 Å². The molecule has 0 fully saturated rings. The van der Waals surface area contributed by atoms with Crippen LogP contribution in [-0.4, -0.2) is 15.1 Å². The van der Waals surface area contributed by atoms with Crippen LogP contribution in [0, 0.1) is 23.0 Å². The zero-order chi connectivity index (χ0) is 10.3. The molecule has 0 unspecified atom stereocenters. The second kappa shape index (κ2) is 2.76. The lowest BCUT2D eigenvalue weighted by molar-refractivity contribution is -0.384. The summed E-state index contributed by atoms with van der Waals surface area (Å²) in [5.41, 5.74) is 0.967. The molecule has 1 heterocycles. The van der Waals surface area contributed by atoms with Gasteiger partial charge in [0.1, 0.15) is 0 Å². The number of rotatable bonds is 1. The van der Waals surface area contributed by atoms with E-state index in [4.69, 9.17) is 0 Å². The van der Waals surface area contributed by atoms with E-state index in [-0.39, 0.29) is 11.1 Å². The highest BCUT2D eigenvalue weighted by atomic mass is 19.1. The lowest BCUT2D eigenvalue weighted by Gasteiger charge is -1.95. The van der Waals surface area contributed by atoms with E-state index in [1.54, 1.807) is 6.92 Å². The molecule has 5 nitrogen and oxygen atoms in total. The summed E-state index contributed by atoms with van der Waals surface area (Å²) in [7, 11) is 0. The van der Waals surface area contributed by atoms with Gasteiger partial charge in [-0.05, 0) is 12.5 Å². The quantitative estimate of drug-likeness (QED) is 0.558. The Morgan fingerprint density at radius 1 is 1.57 bits per heavy atom. The minimum atomic E-state index is -0.716. The molecule has 2 aromatic rings. The van der Waals surface area contributed by atoms with Gasteiger partial charge in [0.25, 0.3) is 5.69 Å². The maximum atomic E-state index is 13.0. The van der Waals surface area contributed by atoms with Gasteiger partial charge in [0.05, 0.1) is 15.8 Å². The van der Waals surface area contributed by atoms with Crippen LogP contribution < -0.4 is 0 Å². The molecule has 1 N–H and O–H groups in total. The summed E-state index contributed by atoms with van der Waals surface area (Å²) in [5, 5.41) is 16.4. The summed E-state index contributed by atoms with van der Waals surface area (Å²) in [4.78, 5) is 9.93. The molecule has 72 valence electrons. The third-order valence-electron chi connectivity index (χ3n) is 2.02. The summed E-state index contributed by atoms with van der Waals surface area (Å²) in [6.45, 7) is 1.66. The highest BCUT2D eigenvalue weighted by Crippen LogP contribution is 2.24. The van der Waals surface area contributed by atoms with Crippen LogP contribution in [-0.2, 0) is 0 Å². The first-order valence-corrected chi connectivity index (χ1v) is 3.88. The van der Waals surface area contributed by atoms with Gasteiger partial charge in [0.2, 0.25) is 5.95 Å². The number of aromatic amines is 1. The molecule has 0 saturated heterocycles. The van der Waals surface area contributed by atoms with E-state index < -0.39 is 10.9 Å². The van der Waals surface area contributed by atoms with Crippen molar-refractivity contribution in [3.63, 3.8) is 0 Å². The normalized spacial score (nSPS) is 10.7. The van der Waals surface area contributed by atoms with Crippen LogP contribution in [0.2, 0.25) is 0 Å². The van der Waals surface area contributed by atoms with Crippen LogP contribution in [0.15, 0.2) is 12.1 Å². The monoisotopic (exact) mass is 195 g/mol. The fourth-order valence-electron chi connectivity index (χ4n) is 1.35. The Hall–Kier alpha value is -1.98. The summed E-state index contributed by atoms with van der Waals surface area (Å²) < 4.78 is 13.0. The number of fused-ring (bicyclic) bond motifs is 1. The van der Waals surface area contributed by atoms with Gasteiger partial charge in [0.15, 0.2) is 0 Å². The number of nitrogens with one attached hydrogen (secondary N) is 1. The van der Waals surface area contributed by atoms with Gasteiger partial charge in [-0.2, -0.15) is 4.39 Å². The molecule has 0 aliphatic rings. The van der Waals surface area contributed by atoms with Gasteiger partial charge in [-0.3, -0.25) is 15.2 Å². The molecular weight excluding hydrogens is 189 g/mol. The number of non-ortho nitro benzene ring substituents is 1. The van der Waals surface area contributed by atoms with Crippen LogP contribution in [0.1, 0.15) is 5.56 Å². The van der Waals surface area contributed by atoms with Gasteiger partial charge >= 0.3 is 0 Å². The molecule has 0 amide bonds. The minimum Gasteiger partial charge on any atom is -0.275 e. The first kappa shape index (κ1) is 8.61. The molecular formula is C8H6FN3O2. The average Bonchev–Trinajstić information content (AvgIpc) is 2.48. The van der Waals surface area contributed by atoms with Gasteiger partial charge in [0, 0.05) is 12.1 Å². The first-order valence-electron chi connectivity index (χ1n) is 3.88. The molecule has 0 spiro atoms. The topological polar surface area (TPSA) is 71.8 Å². The second-order valence-corrected chi connectivity index (χ2v) is 2.96. The lowest BCUT2D eigenvalue weighted by atomic mass is 10.1. The van der Waals surface area contributed by atoms with Crippen molar-refractivity contribution in [3.05, 3.63) is 33.8 Å². The lowest BCUT2D eigenvalue weighted by Crippen LogP contribution is -1.89. The number of benzene rings is 1. The average molecular weight is 195 g/mol. The molecule has 1 aromatic carbocycles. The Kier molecular flexibility index (Phi) is 1.70. The van der Waals surface area contributed by atoms with Crippen LogP contribution >= 0.6 is 0 Å². The largest absolute Gasteiger partial charge is 0.275 e. The summed E-state index contributed by atoms with van der Waals surface area (Å²) in [6.07, 6.45) is 0. The van der Waals surface area contributed by atoms with Crippen LogP contribution in [0.25, 0.3) is 10.9 Å². The van der Waals surface area contributed by atoms with Gasteiger partial charge in [-0.25, -0.2) is 0 Å². The number of H-pyrrole nitrogens is 1. The van der Waals surface area contributed by atoms with E-state index in [9.17, 15) is 14.5 Å². The maximum absolute atomic E-state index is 13.0. The molecule has 0 aliphatic heterocycles. The summed E-state index contributed by atoms with van der Waals surface area (Å²) in [5.74, 6) is -0.716. The maximum Gasteiger partial charge on any atom is 0.270 e. The van der Waals surface area contributed by atoms with Gasteiger partial charge < -0.3 is 0 Å². The van der Waals surface area contributed by atoms with E-state index in [2.05, 4.69) is 10.2 Å². The highest BCUT2D eigenvalue weighted by Gasteiger charge is 2.13. The Bertz CT molecular complexity index is 521. The van der Waals surface area contributed by atoms with Crippen molar-refractivity contribution < 1.29 is 9.31 Å². The number of aryl methyl sites for hydroxylation is 1. The zero-order valence-corrected chi connectivity index (χ0v) is 7.24. The molecule has 0 radical (unpaired) electrons. The molecule has 1 aromatic heterocycles. The Balaban J connectivity index is 2.82. The molecule has 0 aliphatic carbocycles. The third-order valence-corrected chi connectivity index (χ3v) is 2.02. The predicted molar refractivity (Wildman–Crippen MR) is 47.4 cm³/mol. The van der Waals surface area contributed by atoms with E-state index in [1.165, 1.54) is 12.1 Å². The van der Waals surface area contributed by atoms with Crippen LogP contribution in [0.3, 0.4) is 0 Å². The van der Waals surface area contributed by atoms with E-state index in [0.717, 1.165) is 0 Å². The molecule has 0 bridgehead atoms. The van der Waals surface area contributed by atoms with Crippen LogP contribution in [0.4, 0.5) is 10.1 Å². The summed E-state index contributed by atoms with van der Waals surface area (Å²) in [6, 6.07) is 2.54. The molecule has 2 rings (SSSR count).